The fourth-order valence-corrected chi connectivity index (χ4v) is 4.40. The van der Waals surface area contributed by atoms with Crippen LogP contribution in [0.3, 0.4) is 0 Å². The van der Waals surface area contributed by atoms with Crippen LogP contribution in [0.4, 0.5) is 0 Å². The second-order valence-corrected chi connectivity index (χ2v) is 8.54. The molecule has 1 aromatic carbocycles. The Hall–Kier alpha value is -2.38. The molecule has 2 aliphatic rings. The molecular formula is C23H28ClN3O4. The minimum atomic E-state index is -0.260. The summed E-state index contributed by atoms with van der Waals surface area (Å²) >= 11 is 6.24. The van der Waals surface area contributed by atoms with E-state index in [-0.39, 0.29) is 23.6 Å². The van der Waals surface area contributed by atoms with Crippen LogP contribution in [0.2, 0.25) is 5.02 Å². The van der Waals surface area contributed by atoms with Crippen molar-refractivity contribution in [1.82, 2.24) is 15.0 Å². The van der Waals surface area contributed by atoms with Gasteiger partial charge in [0.2, 0.25) is 5.91 Å². The van der Waals surface area contributed by atoms with Gasteiger partial charge in [0.25, 0.3) is 5.91 Å². The van der Waals surface area contributed by atoms with Crippen molar-refractivity contribution in [3.63, 3.8) is 0 Å². The van der Waals surface area contributed by atoms with Gasteiger partial charge in [0.1, 0.15) is 0 Å². The molecule has 7 nitrogen and oxygen atoms in total. The number of carbonyl (C=O) groups excluding carboxylic acids is 2. The molecule has 4 rings (SSSR count). The number of benzene rings is 1. The lowest BCUT2D eigenvalue weighted by molar-refractivity contribution is -0.132. The van der Waals surface area contributed by atoms with Crippen molar-refractivity contribution in [1.29, 1.82) is 0 Å². The molecule has 0 saturated carbocycles. The summed E-state index contributed by atoms with van der Waals surface area (Å²) in [7, 11) is 0. The molecule has 2 fully saturated rings. The van der Waals surface area contributed by atoms with E-state index in [0.29, 0.717) is 42.5 Å². The lowest BCUT2D eigenvalue weighted by atomic mass is 10.1. The van der Waals surface area contributed by atoms with E-state index in [9.17, 15) is 9.59 Å². The number of amides is 2. The van der Waals surface area contributed by atoms with Gasteiger partial charge in [0.15, 0.2) is 11.5 Å². The molecule has 3 heterocycles. The van der Waals surface area contributed by atoms with E-state index in [1.807, 2.05) is 23.1 Å². The Labute approximate surface area is 187 Å². The highest BCUT2D eigenvalue weighted by atomic mass is 35.5. The molecule has 1 unspecified atom stereocenters. The van der Waals surface area contributed by atoms with E-state index in [1.54, 1.807) is 17.0 Å². The first-order valence-electron chi connectivity index (χ1n) is 11.0. The van der Waals surface area contributed by atoms with Gasteiger partial charge in [-0.25, -0.2) is 0 Å². The molecule has 0 bridgehead atoms. The lowest BCUT2D eigenvalue weighted by Gasteiger charge is -2.29. The highest BCUT2D eigenvalue weighted by Crippen LogP contribution is 2.28. The third kappa shape index (κ3) is 5.46. The summed E-state index contributed by atoms with van der Waals surface area (Å²) < 4.78 is 11.1. The van der Waals surface area contributed by atoms with Crippen LogP contribution in [-0.2, 0) is 9.53 Å². The number of carbonyl (C=O) groups is 2. The number of hydrogen-bond donors (Lipinski definition) is 0. The number of piperidine rings is 1. The molecule has 0 N–H and O–H groups in total. The van der Waals surface area contributed by atoms with Gasteiger partial charge in [-0.15, -0.1) is 0 Å². The Morgan fingerprint density at radius 3 is 2.71 bits per heavy atom. The molecule has 0 radical (unpaired) electrons. The first kappa shape index (κ1) is 21.8. The zero-order valence-corrected chi connectivity index (χ0v) is 18.4. The molecule has 1 aromatic heterocycles. The summed E-state index contributed by atoms with van der Waals surface area (Å²) in [5.41, 5.74) is 0.889. The minimum absolute atomic E-state index is 0.0102. The number of ether oxygens (including phenoxy) is 1. The number of rotatable bonds is 7. The van der Waals surface area contributed by atoms with Crippen LogP contribution < -0.4 is 0 Å². The van der Waals surface area contributed by atoms with Crippen LogP contribution >= 0.6 is 11.6 Å². The Bertz CT molecular complexity index is 904. The summed E-state index contributed by atoms with van der Waals surface area (Å²) in [5.74, 6) is 0.279. The van der Waals surface area contributed by atoms with Crippen molar-refractivity contribution in [3.05, 3.63) is 41.0 Å². The summed E-state index contributed by atoms with van der Waals surface area (Å²) in [4.78, 5) is 29.5. The number of likely N-dealkylation sites (tertiary alicyclic amines) is 1. The molecule has 2 saturated heterocycles. The molecule has 1 atom stereocenters. The number of hydrogen-bond acceptors (Lipinski definition) is 5. The molecule has 8 heteroatoms. The van der Waals surface area contributed by atoms with Crippen LogP contribution in [0.15, 0.2) is 34.9 Å². The Kier molecular flexibility index (Phi) is 7.25. The van der Waals surface area contributed by atoms with E-state index in [4.69, 9.17) is 20.9 Å². The van der Waals surface area contributed by atoms with Crippen molar-refractivity contribution in [2.75, 3.05) is 32.8 Å². The van der Waals surface area contributed by atoms with E-state index in [1.165, 1.54) is 6.42 Å². The summed E-state index contributed by atoms with van der Waals surface area (Å²) in [6.07, 6.45) is 5.46. The molecule has 2 amide bonds. The normalized spacial score (nSPS) is 18.9. The van der Waals surface area contributed by atoms with Gasteiger partial charge < -0.3 is 19.1 Å². The SMILES string of the molecule is O=C(CCN(CC1CCCO1)C(=O)c1cc(-c2ccccc2Cl)on1)N1CCCCC1. The fraction of sp³-hybridized carbons (Fsp3) is 0.522. The topological polar surface area (TPSA) is 75.9 Å². The van der Waals surface area contributed by atoms with Crippen molar-refractivity contribution in [2.45, 2.75) is 44.6 Å². The van der Waals surface area contributed by atoms with E-state index < -0.39 is 0 Å². The third-order valence-electron chi connectivity index (χ3n) is 5.91. The van der Waals surface area contributed by atoms with E-state index in [0.717, 1.165) is 38.8 Å². The maximum Gasteiger partial charge on any atom is 0.276 e. The van der Waals surface area contributed by atoms with Crippen LogP contribution in [0.25, 0.3) is 11.3 Å². The van der Waals surface area contributed by atoms with Crippen molar-refractivity contribution in [3.8, 4) is 11.3 Å². The molecule has 31 heavy (non-hydrogen) atoms. The zero-order chi connectivity index (χ0) is 21.6. The fourth-order valence-electron chi connectivity index (χ4n) is 4.17. The van der Waals surface area contributed by atoms with Gasteiger partial charge in [-0.05, 0) is 44.2 Å². The second kappa shape index (κ2) is 10.3. The largest absolute Gasteiger partial charge is 0.376 e. The van der Waals surface area contributed by atoms with Gasteiger partial charge in [-0.3, -0.25) is 9.59 Å². The summed E-state index contributed by atoms with van der Waals surface area (Å²) in [6, 6.07) is 8.87. The molecule has 0 aliphatic carbocycles. The molecule has 166 valence electrons. The van der Waals surface area contributed by atoms with Crippen LogP contribution in [-0.4, -0.2) is 65.7 Å². The second-order valence-electron chi connectivity index (χ2n) is 8.13. The molecule has 2 aliphatic heterocycles. The standard InChI is InChI=1S/C23H28ClN3O4/c24-19-9-3-2-8-18(19)21-15-20(25-31-21)23(29)27(16-17-7-6-14-30-17)13-10-22(28)26-11-4-1-5-12-26/h2-3,8-9,15,17H,1,4-7,10-14,16H2. The van der Waals surface area contributed by atoms with Crippen LogP contribution in [0, 0.1) is 0 Å². The monoisotopic (exact) mass is 445 g/mol. The van der Waals surface area contributed by atoms with Gasteiger partial charge in [-0.2, -0.15) is 0 Å². The first-order chi connectivity index (χ1) is 15.1. The quantitative estimate of drug-likeness (QED) is 0.643. The smallest absolute Gasteiger partial charge is 0.276 e. The predicted molar refractivity (Wildman–Crippen MR) is 117 cm³/mol. The highest BCUT2D eigenvalue weighted by molar-refractivity contribution is 6.33. The molecule has 2 aromatic rings. The van der Waals surface area contributed by atoms with Crippen molar-refractivity contribution < 1.29 is 18.8 Å². The first-order valence-corrected chi connectivity index (χ1v) is 11.4. The zero-order valence-electron chi connectivity index (χ0n) is 17.6. The van der Waals surface area contributed by atoms with Gasteiger partial charge >= 0.3 is 0 Å². The van der Waals surface area contributed by atoms with Crippen molar-refractivity contribution >= 4 is 23.4 Å². The molecular weight excluding hydrogens is 418 g/mol. The maximum absolute atomic E-state index is 13.2. The average molecular weight is 446 g/mol. The maximum atomic E-state index is 13.2. The molecule has 0 spiro atoms. The van der Waals surface area contributed by atoms with Crippen LogP contribution in [0.1, 0.15) is 49.0 Å². The van der Waals surface area contributed by atoms with E-state index >= 15 is 0 Å². The van der Waals surface area contributed by atoms with Gasteiger partial charge in [0.05, 0.1) is 11.1 Å². The minimum Gasteiger partial charge on any atom is -0.376 e. The number of halogens is 1. The van der Waals surface area contributed by atoms with Crippen LogP contribution in [0.5, 0.6) is 0 Å². The third-order valence-corrected chi connectivity index (χ3v) is 6.24. The van der Waals surface area contributed by atoms with E-state index in [2.05, 4.69) is 5.16 Å². The lowest BCUT2D eigenvalue weighted by Crippen LogP contribution is -2.42. The Balaban J connectivity index is 1.46. The summed E-state index contributed by atoms with van der Waals surface area (Å²) in [6.45, 7) is 3.11. The van der Waals surface area contributed by atoms with Crippen molar-refractivity contribution in [2.24, 2.45) is 0 Å². The highest BCUT2D eigenvalue weighted by Gasteiger charge is 2.27. The predicted octanol–water partition coefficient (Wildman–Crippen LogP) is 4.02. The average Bonchev–Trinajstić information content (AvgIpc) is 3.49. The number of aromatic nitrogens is 1. The number of nitrogens with zero attached hydrogens (tertiary/aromatic N) is 3. The Morgan fingerprint density at radius 2 is 1.97 bits per heavy atom. The Morgan fingerprint density at radius 1 is 1.16 bits per heavy atom. The summed E-state index contributed by atoms with van der Waals surface area (Å²) in [5, 5.41) is 4.51. The van der Waals surface area contributed by atoms with Gasteiger partial charge in [0, 0.05) is 50.8 Å². The van der Waals surface area contributed by atoms with Gasteiger partial charge in [-0.1, -0.05) is 28.9 Å².